The molecule has 12 aromatic rings. The Bertz CT molecular complexity index is 5480. The largest absolute Gasteiger partial charge is 0.416 e. The average Bonchev–Trinajstić information content (AvgIpc) is 1.59. The molecule has 15 rings (SSSR count). The highest BCUT2D eigenvalue weighted by atomic mass is 19.4. The van der Waals surface area contributed by atoms with Gasteiger partial charge in [-0.1, -0.05) is 81.8 Å². The summed E-state index contributed by atoms with van der Waals surface area (Å²) in [6, 6.07) is 36.8. The number of anilines is 6. The fourth-order valence-electron chi connectivity index (χ4n) is 13.6. The number of nitrogen functional groups attached to an aromatic ring is 3. The van der Waals surface area contributed by atoms with Crippen molar-refractivity contribution in [3.8, 4) is 33.4 Å². The Kier molecular flexibility index (Phi) is 18.6. The summed E-state index contributed by atoms with van der Waals surface area (Å²) in [4.78, 5) is 53.2. The van der Waals surface area contributed by atoms with E-state index < -0.39 is 63.2 Å². The molecule has 3 aliphatic rings. The Morgan fingerprint density at radius 3 is 1.01 bits per heavy atom. The van der Waals surface area contributed by atoms with Gasteiger partial charge in [-0.15, -0.1) is 0 Å². The SMILES string of the molecule is CC(C)c1cc(-c2ccc(NC(=O)C3(c4cc(C(F)(F)F)ccc4F)CC3)cc2)c2c(N)nn(C)c2n1.Cc1cc(-c2ccc(NC(=O)C3(c4cc(C(F)(F)F)ccc4F)CC3)cc2)c2c(N)nn(C)c2n1.Cc1ccc(F)c(C2(C(=O)Nc3ccc(-c4cc(C(C)C)nc5c4c(N)nn5C)cc3)CC2)c1. The molecule has 0 aliphatic heterocycles. The highest BCUT2D eigenvalue weighted by molar-refractivity contribution is 6.06. The Morgan fingerprint density at radius 2 is 0.708 bits per heavy atom. The third-order valence-corrected chi connectivity index (χ3v) is 20.0. The van der Waals surface area contributed by atoms with Crippen molar-refractivity contribution in [1.29, 1.82) is 0 Å². The van der Waals surface area contributed by atoms with Crippen LogP contribution in [0, 0.1) is 31.3 Å². The van der Waals surface area contributed by atoms with E-state index in [1.165, 1.54) is 6.07 Å². The van der Waals surface area contributed by atoms with Crippen molar-refractivity contribution in [1.82, 2.24) is 44.3 Å². The van der Waals surface area contributed by atoms with Crippen LogP contribution >= 0.6 is 0 Å². The van der Waals surface area contributed by atoms with Crippen LogP contribution in [0.25, 0.3) is 66.5 Å². The normalized spacial score (nSPS) is 14.7. The van der Waals surface area contributed by atoms with Crippen molar-refractivity contribution < 1.29 is 53.9 Å². The monoisotopic (exact) mass is 1450 g/mol. The van der Waals surface area contributed by atoms with Crippen molar-refractivity contribution in [2.75, 3.05) is 33.2 Å². The summed E-state index contributed by atoms with van der Waals surface area (Å²) in [5.74, 6) is -1.68. The van der Waals surface area contributed by atoms with Gasteiger partial charge in [-0.3, -0.25) is 14.4 Å². The predicted molar refractivity (Wildman–Crippen MR) is 391 cm³/mol. The molecule has 3 fully saturated rings. The topological polar surface area (TPSA) is 257 Å². The van der Waals surface area contributed by atoms with Crippen molar-refractivity contribution >= 4 is 85.3 Å². The second-order valence-electron chi connectivity index (χ2n) is 28.1. The standard InChI is InChI=1S/C27H25F4N5O.C27H28FN5O.C25H21F4N5O/c1-14(2)21-13-18(22-23(32)35-36(3)24(22)34-21)15-4-7-17(8-5-15)33-25(37)26(10-11-26)19-12-16(27(29,30)31)6-9-20(19)28;1-15(2)22-14-19(23-24(29)32-33(4)25(23)31-22)17-6-8-18(9-7-17)30-26(34)27(11-12-27)20-13-16(3)5-10-21(20)28;1-13-11-17(20-21(30)33-34(2)22(20)31-13)14-3-6-16(7-4-14)32-23(35)24(9-10-24)18-12-15(25(27,28)29)5-8-19(18)26/h4-9,12-14H,10-11H2,1-3H3,(H2,32,35)(H,33,37);5-10,13-15H,11-12H2,1-4H3,(H2,29,32)(H,30,34);3-8,11-12H,9-10H2,1-2H3,(H2,30,33)(H,32,35). The van der Waals surface area contributed by atoms with Crippen LogP contribution in [-0.4, -0.2) is 62.0 Å². The first kappa shape index (κ1) is 72.7. The van der Waals surface area contributed by atoms with E-state index in [-0.39, 0.29) is 60.4 Å². The van der Waals surface area contributed by atoms with Crippen molar-refractivity contribution in [3.05, 3.63) is 214 Å². The summed E-state index contributed by atoms with van der Waals surface area (Å²) in [6.45, 7) is 12.0. The van der Waals surface area contributed by atoms with Crippen LogP contribution < -0.4 is 33.2 Å². The van der Waals surface area contributed by atoms with Crippen LogP contribution in [0.5, 0.6) is 0 Å². The number of rotatable bonds is 14. The Morgan fingerprint density at radius 1 is 0.415 bits per heavy atom. The highest BCUT2D eigenvalue weighted by Crippen LogP contribution is 2.54. The van der Waals surface area contributed by atoms with E-state index in [9.17, 15) is 53.9 Å². The molecular weight excluding hydrogens is 1380 g/mol. The molecule has 3 saturated carbocycles. The summed E-state index contributed by atoms with van der Waals surface area (Å²) in [7, 11) is 5.37. The van der Waals surface area contributed by atoms with Gasteiger partial charge in [0, 0.05) is 72.0 Å². The minimum atomic E-state index is -4.63. The second kappa shape index (κ2) is 27.1. The van der Waals surface area contributed by atoms with E-state index in [4.69, 9.17) is 27.2 Å². The molecule has 6 heterocycles. The molecule has 106 heavy (non-hydrogen) atoms. The number of hydrogen-bond donors (Lipinski definition) is 6. The third-order valence-electron chi connectivity index (χ3n) is 20.0. The summed E-state index contributed by atoms with van der Waals surface area (Å²) >= 11 is 0. The van der Waals surface area contributed by atoms with E-state index in [0.29, 0.717) is 81.7 Å². The number of aromatic nitrogens is 9. The maximum Gasteiger partial charge on any atom is 0.416 e. The van der Waals surface area contributed by atoms with Crippen LogP contribution in [0.2, 0.25) is 0 Å². The quantitative estimate of drug-likeness (QED) is 0.0556. The summed E-state index contributed by atoms with van der Waals surface area (Å²) < 4.78 is 127. The maximum atomic E-state index is 14.5. The van der Waals surface area contributed by atoms with Gasteiger partial charge in [-0.25, -0.2) is 42.2 Å². The summed E-state index contributed by atoms with van der Waals surface area (Å²) in [5, 5.41) is 23.6. The highest BCUT2D eigenvalue weighted by Gasteiger charge is 2.55. The third kappa shape index (κ3) is 13.8. The molecular formula is C79H74F9N15O3. The molecule has 0 saturated heterocycles. The molecule has 9 N–H and O–H groups in total. The first-order valence-corrected chi connectivity index (χ1v) is 34.2. The zero-order valence-electron chi connectivity index (χ0n) is 59.1. The van der Waals surface area contributed by atoms with Gasteiger partial charge in [-0.2, -0.15) is 41.6 Å². The number of carbonyl (C=O) groups excluding carboxylic acids is 3. The van der Waals surface area contributed by atoms with Crippen molar-refractivity contribution in [3.63, 3.8) is 0 Å². The number of nitrogens with two attached hydrogens (primary N) is 3. The first-order valence-electron chi connectivity index (χ1n) is 34.2. The lowest BCUT2D eigenvalue weighted by molar-refractivity contribution is -0.138. The molecule has 6 aromatic heterocycles. The van der Waals surface area contributed by atoms with E-state index in [2.05, 4.69) is 56.1 Å². The fourth-order valence-corrected chi connectivity index (χ4v) is 13.6. The van der Waals surface area contributed by atoms with Gasteiger partial charge in [0.05, 0.1) is 43.5 Å². The van der Waals surface area contributed by atoms with Crippen molar-refractivity contribution in [2.24, 2.45) is 21.1 Å². The van der Waals surface area contributed by atoms with Crippen LogP contribution in [0.3, 0.4) is 0 Å². The zero-order chi connectivity index (χ0) is 76.0. The molecule has 0 unspecified atom stereocenters. The Hall–Kier alpha value is -11.6. The average molecular weight is 1450 g/mol. The van der Waals surface area contributed by atoms with Crippen LogP contribution in [-0.2, 0) is 64.1 Å². The van der Waals surface area contributed by atoms with Crippen molar-refractivity contribution in [2.45, 2.75) is 121 Å². The van der Waals surface area contributed by atoms with Gasteiger partial charge in [0.2, 0.25) is 17.7 Å². The smallest absolute Gasteiger partial charge is 0.382 e. The molecule has 0 spiro atoms. The number of hydrogen-bond acceptors (Lipinski definition) is 12. The lowest BCUT2D eigenvalue weighted by atomic mass is 9.92. The number of nitrogens with one attached hydrogen (secondary N) is 3. The Labute approximate surface area is 602 Å². The number of amides is 3. The number of alkyl halides is 6. The number of fused-ring (bicyclic) bond motifs is 3. The number of carbonyl (C=O) groups is 3. The summed E-state index contributed by atoms with van der Waals surface area (Å²) in [5.41, 5.74) is 25.5. The van der Waals surface area contributed by atoms with Crippen LogP contribution in [0.4, 0.5) is 74.0 Å². The lowest BCUT2D eigenvalue weighted by Gasteiger charge is -2.18. The Balaban J connectivity index is 0.000000141. The molecule has 3 aliphatic carbocycles. The van der Waals surface area contributed by atoms with E-state index in [0.717, 1.165) is 96.7 Å². The molecule has 0 atom stereocenters. The molecule has 0 bridgehead atoms. The summed E-state index contributed by atoms with van der Waals surface area (Å²) in [6.07, 6.45) is -6.90. The van der Waals surface area contributed by atoms with Gasteiger partial charge in [0.25, 0.3) is 0 Å². The molecule has 6 aromatic carbocycles. The number of halogens is 9. The van der Waals surface area contributed by atoms with Crippen LogP contribution in [0.15, 0.2) is 146 Å². The van der Waals surface area contributed by atoms with Gasteiger partial charge in [0.15, 0.2) is 34.4 Å². The molecule has 18 nitrogen and oxygen atoms in total. The maximum absolute atomic E-state index is 14.5. The number of nitrogens with zero attached hydrogens (tertiary/aromatic N) is 9. The number of aryl methyl sites for hydroxylation is 5. The minimum absolute atomic E-state index is 0.170. The van der Waals surface area contributed by atoms with Gasteiger partial charge < -0.3 is 33.2 Å². The van der Waals surface area contributed by atoms with Gasteiger partial charge in [-0.05, 0) is 195 Å². The predicted octanol–water partition coefficient (Wildman–Crippen LogP) is 17.0. The van der Waals surface area contributed by atoms with Crippen LogP contribution in [0.1, 0.15) is 129 Å². The van der Waals surface area contributed by atoms with Gasteiger partial charge >= 0.3 is 12.4 Å². The molecule has 27 heteroatoms. The molecule has 546 valence electrons. The fraction of sp³-hybridized carbons (Fsp3) is 0.278. The van der Waals surface area contributed by atoms with Gasteiger partial charge in [0.1, 0.15) is 17.5 Å². The number of benzene rings is 6. The lowest BCUT2D eigenvalue weighted by Crippen LogP contribution is -2.29. The molecule has 3 amide bonds. The van der Waals surface area contributed by atoms with E-state index >= 15 is 0 Å². The number of pyridine rings is 3. The second-order valence-corrected chi connectivity index (χ2v) is 28.1. The molecule has 0 radical (unpaired) electrons. The minimum Gasteiger partial charge on any atom is -0.382 e. The zero-order valence-corrected chi connectivity index (χ0v) is 59.1. The first-order chi connectivity index (χ1) is 50.1. The van der Waals surface area contributed by atoms with E-state index in [1.807, 2.05) is 83.3 Å². The van der Waals surface area contributed by atoms with E-state index in [1.54, 1.807) is 76.7 Å².